The van der Waals surface area contributed by atoms with Crippen LogP contribution in [0, 0.1) is 5.82 Å². The van der Waals surface area contributed by atoms with Gasteiger partial charge in [0.1, 0.15) is 11.6 Å². The van der Waals surface area contributed by atoms with E-state index in [9.17, 15) is 14.0 Å². The van der Waals surface area contributed by atoms with Crippen molar-refractivity contribution in [3.8, 4) is 0 Å². The lowest BCUT2D eigenvalue weighted by Gasteiger charge is -2.00. The van der Waals surface area contributed by atoms with Crippen LogP contribution >= 0.6 is 15.9 Å². The van der Waals surface area contributed by atoms with Gasteiger partial charge in [-0.25, -0.2) is 4.39 Å². The van der Waals surface area contributed by atoms with Gasteiger partial charge >= 0.3 is 0 Å². The Bertz CT molecular complexity index is 388. The molecule has 4 heteroatoms. The number of benzene rings is 1. The third kappa shape index (κ3) is 2.73. The van der Waals surface area contributed by atoms with Crippen LogP contribution in [0.2, 0.25) is 0 Å². The molecular weight excluding hydrogens is 251 g/mol. The molecule has 0 spiro atoms. The minimum absolute atomic E-state index is 0.0385. The fourth-order valence-electron chi connectivity index (χ4n) is 1.04. The summed E-state index contributed by atoms with van der Waals surface area (Å²) in [5.41, 5.74) is -0.0385. The van der Waals surface area contributed by atoms with Gasteiger partial charge in [0.2, 0.25) is 0 Å². The van der Waals surface area contributed by atoms with E-state index in [0.29, 0.717) is 4.47 Å². The molecule has 0 aromatic heterocycles. The maximum atomic E-state index is 13.2. The third-order valence-electron chi connectivity index (χ3n) is 1.64. The first-order chi connectivity index (χ1) is 6.50. The van der Waals surface area contributed by atoms with Gasteiger partial charge in [0.25, 0.3) is 0 Å². The van der Waals surface area contributed by atoms with E-state index in [4.69, 9.17) is 0 Å². The Hall–Kier alpha value is -1.03. The zero-order valence-electron chi connectivity index (χ0n) is 7.51. The number of hydrogen-bond acceptors (Lipinski definition) is 2. The number of halogens is 2. The summed E-state index contributed by atoms with van der Waals surface area (Å²) < 4.78 is 13.8. The highest BCUT2D eigenvalue weighted by atomic mass is 79.9. The number of ketones is 2. The highest BCUT2D eigenvalue weighted by Gasteiger charge is 2.13. The van der Waals surface area contributed by atoms with E-state index in [0.717, 1.165) is 0 Å². The molecule has 0 heterocycles. The molecule has 1 aromatic carbocycles. The second kappa shape index (κ2) is 4.46. The topological polar surface area (TPSA) is 34.1 Å². The summed E-state index contributed by atoms with van der Waals surface area (Å²) in [7, 11) is 0. The van der Waals surface area contributed by atoms with Crippen molar-refractivity contribution in [1.29, 1.82) is 0 Å². The van der Waals surface area contributed by atoms with Gasteiger partial charge in [-0.05, 0) is 25.1 Å². The highest BCUT2D eigenvalue weighted by molar-refractivity contribution is 9.10. The molecule has 2 nitrogen and oxygen atoms in total. The van der Waals surface area contributed by atoms with E-state index < -0.39 is 11.6 Å². The quantitative estimate of drug-likeness (QED) is 0.617. The van der Waals surface area contributed by atoms with Gasteiger partial charge in [0.15, 0.2) is 5.78 Å². The summed E-state index contributed by atoms with van der Waals surface area (Å²) in [6, 6.07) is 4.13. The maximum absolute atomic E-state index is 13.2. The molecule has 0 saturated heterocycles. The van der Waals surface area contributed by atoms with Crippen LogP contribution in [-0.4, -0.2) is 11.6 Å². The average Bonchev–Trinajstić information content (AvgIpc) is 2.01. The van der Waals surface area contributed by atoms with E-state index in [1.54, 1.807) is 6.07 Å². The molecule has 1 aromatic rings. The van der Waals surface area contributed by atoms with E-state index >= 15 is 0 Å². The van der Waals surface area contributed by atoms with Crippen LogP contribution in [0.3, 0.4) is 0 Å². The molecule has 0 radical (unpaired) electrons. The third-order valence-corrected chi connectivity index (χ3v) is 2.13. The Kier molecular flexibility index (Phi) is 3.52. The Morgan fingerprint density at radius 1 is 1.43 bits per heavy atom. The summed E-state index contributed by atoms with van der Waals surface area (Å²) in [6.45, 7) is 1.30. The van der Waals surface area contributed by atoms with Crippen molar-refractivity contribution in [2.75, 3.05) is 0 Å². The monoisotopic (exact) mass is 258 g/mol. The van der Waals surface area contributed by atoms with Crippen LogP contribution in [0.1, 0.15) is 23.7 Å². The van der Waals surface area contributed by atoms with Gasteiger partial charge in [-0.3, -0.25) is 9.59 Å². The van der Waals surface area contributed by atoms with Gasteiger partial charge < -0.3 is 0 Å². The number of carbonyl (C=O) groups excluding carboxylic acids is 2. The number of rotatable bonds is 3. The molecule has 1 rings (SSSR count). The highest BCUT2D eigenvalue weighted by Crippen LogP contribution is 2.16. The molecule has 0 aliphatic heterocycles. The number of hydrogen-bond donors (Lipinski definition) is 0. The zero-order chi connectivity index (χ0) is 10.7. The fraction of sp³-hybridized carbons (Fsp3) is 0.200. The molecule has 0 N–H and O–H groups in total. The van der Waals surface area contributed by atoms with Crippen LogP contribution in [0.5, 0.6) is 0 Å². The predicted octanol–water partition coefficient (Wildman–Crippen LogP) is 2.75. The molecule has 0 bridgehead atoms. The van der Waals surface area contributed by atoms with E-state index in [1.807, 2.05) is 0 Å². The smallest absolute Gasteiger partial charge is 0.173 e. The molecule has 0 atom stereocenters. The Morgan fingerprint density at radius 2 is 2.07 bits per heavy atom. The first-order valence-electron chi connectivity index (χ1n) is 3.98. The molecule has 74 valence electrons. The first-order valence-corrected chi connectivity index (χ1v) is 4.77. The Labute approximate surface area is 89.2 Å². The molecule has 0 aliphatic carbocycles. The molecule has 0 unspecified atom stereocenters. The molecule has 0 saturated carbocycles. The van der Waals surface area contributed by atoms with E-state index in [2.05, 4.69) is 15.9 Å². The lowest BCUT2D eigenvalue weighted by Crippen LogP contribution is -2.06. The van der Waals surface area contributed by atoms with Gasteiger partial charge in [0, 0.05) is 4.47 Å². The minimum Gasteiger partial charge on any atom is -0.300 e. The maximum Gasteiger partial charge on any atom is 0.173 e. The largest absolute Gasteiger partial charge is 0.300 e. The molecular formula is C10H8BrFO2. The number of carbonyl (C=O) groups is 2. The van der Waals surface area contributed by atoms with Crippen molar-refractivity contribution in [1.82, 2.24) is 0 Å². The second-order valence-corrected chi connectivity index (χ2v) is 3.84. The van der Waals surface area contributed by atoms with Crippen LogP contribution in [0.4, 0.5) is 4.39 Å². The van der Waals surface area contributed by atoms with Crippen LogP contribution in [0.25, 0.3) is 0 Å². The van der Waals surface area contributed by atoms with Gasteiger partial charge in [-0.1, -0.05) is 15.9 Å². The Balaban J connectivity index is 2.96. The van der Waals surface area contributed by atoms with Gasteiger partial charge in [0.05, 0.1) is 12.0 Å². The lowest BCUT2D eigenvalue weighted by molar-refractivity contribution is -0.116. The van der Waals surface area contributed by atoms with Crippen molar-refractivity contribution in [2.24, 2.45) is 0 Å². The fourth-order valence-corrected chi connectivity index (χ4v) is 1.37. The van der Waals surface area contributed by atoms with E-state index in [1.165, 1.54) is 19.1 Å². The van der Waals surface area contributed by atoms with Gasteiger partial charge in [-0.2, -0.15) is 0 Å². The van der Waals surface area contributed by atoms with Crippen molar-refractivity contribution >= 4 is 27.5 Å². The average molecular weight is 259 g/mol. The van der Waals surface area contributed by atoms with Crippen LogP contribution in [-0.2, 0) is 4.79 Å². The van der Waals surface area contributed by atoms with Crippen molar-refractivity contribution < 1.29 is 14.0 Å². The minimum atomic E-state index is -0.606. The Morgan fingerprint density at radius 3 is 2.57 bits per heavy atom. The predicted molar refractivity (Wildman–Crippen MR) is 53.7 cm³/mol. The lowest BCUT2D eigenvalue weighted by atomic mass is 10.1. The standard InChI is InChI=1S/C10H8BrFO2/c1-6(13)4-10(14)8-3-2-7(11)5-9(8)12/h2-3,5H,4H2,1H3. The van der Waals surface area contributed by atoms with Crippen molar-refractivity contribution in [2.45, 2.75) is 13.3 Å². The molecule has 14 heavy (non-hydrogen) atoms. The molecule has 0 amide bonds. The van der Waals surface area contributed by atoms with Crippen molar-refractivity contribution in [3.63, 3.8) is 0 Å². The summed E-state index contributed by atoms with van der Waals surface area (Å²) in [6.07, 6.45) is -0.251. The zero-order valence-corrected chi connectivity index (χ0v) is 9.10. The summed E-state index contributed by atoms with van der Waals surface area (Å²) in [5, 5.41) is 0. The summed E-state index contributed by atoms with van der Waals surface area (Å²) >= 11 is 3.08. The first kappa shape index (κ1) is 11.0. The number of Topliss-reactive ketones (excluding diaryl/α,β-unsaturated/α-hetero) is 2. The van der Waals surface area contributed by atoms with Crippen LogP contribution < -0.4 is 0 Å². The van der Waals surface area contributed by atoms with Crippen LogP contribution in [0.15, 0.2) is 22.7 Å². The molecule has 0 aliphatic rings. The normalized spacial score (nSPS) is 9.93. The van der Waals surface area contributed by atoms with Crippen molar-refractivity contribution in [3.05, 3.63) is 34.1 Å². The molecule has 0 fully saturated rings. The van der Waals surface area contributed by atoms with E-state index in [-0.39, 0.29) is 17.8 Å². The SMILES string of the molecule is CC(=O)CC(=O)c1ccc(Br)cc1F. The summed E-state index contributed by atoms with van der Waals surface area (Å²) in [4.78, 5) is 22.0. The van der Waals surface area contributed by atoms with Gasteiger partial charge in [-0.15, -0.1) is 0 Å². The summed E-state index contributed by atoms with van der Waals surface area (Å²) in [5.74, 6) is -1.36. The second-order valence-electron chi connectivity index (χ2n) is 2.93.